The summed E-state index contributed by atoms with van der Waals surface area (Å²) < 4.78 is 0. The Morgan fingerprint density at radius 3 is 2.89 bits per heavy atom. The average Bonchev–Trinajstić information content (AvgIpc) is 2.99. The summed E-state index contributed by atoms with van der Waals surface area (Å²) in [5.41, 5.74) is 0. The van der Waals surface area contributed by atoms with Crippen molar-refractivity contribution in [3.8, 4) is 0 Å². The molecule has 102 valence electrons. The van der Waals surface area contributed by atoms with Gasteiger partial charge in [0.15, 0.2) is 0 Å². The fourth-order valence-electron chi connectivity index (χ4n) is 1.54. The van der Waals surface area contributed by atoms with Crippen LogP contribution in [-0.2, 0) is 11.2 Å². The third-order valence-electron chi connectivity index (χ3n) is 2.54. The lowest BCUT2D eigenvalue weighted by molar-refractivity contribution is -0.124. The SMILES string of the molecule is CCc1ncc(C(=O)NCCN2C(=O)CSC2=O)s1. The second-order valence-electron chi connectivity index (χ2n) is 3.83. The minimum absolute atomic E-state index is 0.196. The number of aromatic nitrogens is 1. The van der Waals surface area contributed by atoms with Crippen LogP contribution in [-0.4, -0.2) is 45.8 Å². The largest absolute Gasteiger partial charge is 0.349 e. The van der Waals surface area contributed by atoms with E-state index in [0.29, 0.717) is 4.88 Å². The minimum atomic E-state index is -0.245. The van der Waals surface area contributed by atoms with E-state index in [4.69, 9.17) is 0 Å². The summed E-state index contributed by atoms with van der Waals surface area (Å²) in [6, 6.07) is 0. The Bertz CT molecular complexity index is 499. The van der Waals surface area contributed by atoms with Crippen LogP contribution in [0.25, 0.3) is 0 Å². The van der Waals surface area contributed by atoms with E-state index in [1.165, 1.54) is 11.3 Å². The molecule has 1 N–H and O–H groups in total. The number of nitrogens with one attached hydrogen (secondary N) is 1. The van der Waals surface area contributed by atoms with Gasteiger partial charge in [-0.15, -0.1) is 11.3 Å². The summed E-state index contributed by atoms with van der Waals surface area (Å²) >= 11 is 2.34. The first-order chi connectivity index (χ1) is 9.11. The van der Waals surface area contributed by atoms with E-state index in [0.717, 1.165) is 28.1 Å². The number of carbonyl (C=O) groups excluding carboxylic acids is 3. The molecular weight excluding hydrogens is 286 g/mol. The highest BCUT2D eigenvalue weighted by atomic mass is 32.2. The van der Waals surface area contributed by atoms with Gasteiger partial charge in [0, 0.05) is 13.1 Å². The van der Waals surface area contributed by atoms with Crippen LogP contribution in [0.5, 0.6) is 0 Å². The van der Waals surface area contributed by atoms with E-state index in [1.54, 1.807) is 6.20 Å². The van der Waals surface area contributed by atoms with Gasteiger partial charge >= 0.3 is 0 Å². The molecule has 0 aliphatic carbocycles. The molecule has 0 unspecified atom stereocenters. The van der Waals surface area contributed by atoms with Gasteiger partial charge in [0.05, 0.1) is 17.0 Å². The lowest BCUT2D eigenvalue weighted by Crippen LogP contribution is -2.37. The van der Waals surface area contributed by atoms with Gasteiger partial charge in [-0.3, -0.25) is 19.3 Å². The van der Waals surface area contributed by atoms with Crippen LogP contribution < -0.4 is 5.32 Å². The van der Waals surface area contributed by atoms with Gasteiger partial charge < -0.3 is 5.32 Å². The molecule has 1 aliphatic rings. The van der Waals surface area contributed by atoms with Gasteiger partial charge in [0.25, 0.3) is 11.1 Å². The molecule has 1 aromatic heterocycles. The average molecular weight is 299 g/mol. The molecule has 0 bridgehead atoms. The molecule has 3 amide bonds. The van der Waals surface area contributed by atoms with Crippen molar-refractivity contribution in [2.24, 2.45) is 0 Å². The first-order valence-corrected chi connectivity index (χ1v) is 7.62. The molecule has 1 fully saturated rings. The maximum Gasteiger partial charge on any atom is 0.288 e. The zero-order chi connectivity index (χ0) is 13.8. The molecule has 0 aromatic carbocycles. The highest BCUT2D eigenvalue weighted by molar-refractivity contribution is 8.14. The summed E-state index contributed by atoms with van der Waals surface area (Å²) in [6.45, 7) is 2.45. The van der Waals surface area contributed by atoms with Crippen molar-refractivity contribution in [3.05, 3.63) is 16.1 Å². The van der Waals surface area contributed by atoms with Crippen LogP contribution in [0, 0.1) is 0 Å². The van der Waals surface area contributed by atoms with Crippen molar-refractivity contribution >= 4 is 40.2 Å². The Morgan fingerprint density at radius 2 is 2.32 bits per heavy atom. The standard InChI is InChI=1S/C11H13N3O3S2/c1-2-8-13-5-7(19-8)10(16)12-3-4-14-9(15)6-18-11(14)17/h5H,2-4,6H2,1H3,(H,12,16). The van der Waals surface area contributed by atoms with Crippen LogP contribution in [0.4, 0.5) is 4.79 Å². The molecule has 0 saturated carbocycles. The number of amides is 3. The molecular formula is C11H13N3O3S2. The van der Waals surface area contributed by atoms with E-state index in [1.807, 2.05) is 6.92 Å². The van der Waals surface area contributed by atoms with Crippen LogP contribution in [0.3, 0.4) is 0 Å². The zero-order valence-electron chi connectivity index (χ0n) is 10.3. The van der Waals surface area contributed by atoms with E-state index in [2.05, 4.69) is 10.3 Å². The highest BCUT2D eigenvalue weighted by Gasteiger charge is 2.29. The molecule has 6 nitrogen and oxygen atoms in total. The molecule has 19 heavy (non-hydrogen) atoms. The molecule has 0 spiro atoms. The smallest absolute Gasteiger partial charge is 0.288 e. The number of thiazole rings is 1. The molecule has 1 aromatic rings. The van der Waals surface area contributed by atoms with E-state index >= 15 is 0 Å². The summed E-state index contributed by atoms with van der Waals surface area (Å²) in [5.74, 6) is -0.221. The number of rotatable bonds is 5. The van der Waals surface area contributed by atoms with Crippen molar-refractivity contribution < 1.29 is 14.4 Å². The molecule has 2 heterocycles. The molecule has 1 saturated heterocycles. The predicted molar refractivity (Wildman–Crippen MR) is 73.4 cm³/mol. The summed E-state index contributed by atoms with van der Waals surface area (Å²) in [5, 5.41) is 3.34. The molecule has 2 rings (SSSR count). The quantitative estimate of drug-likeness (QED) is 0.881. The Labute approximate surface area is 118 Å². The fraction of sp³-hybridized carbons (Fsp3) is 0.455. The van der Waals surface area contributed by atoms with Gasteiger partial charge in [0.2, 0.25) is 5.91 Å². The lowest BCUT2D eigenvalue weighted by Gasteiger charge is -2.12. The Hall–Kier alpha value is -1.41. The van der Waals surface area contributed by atoms with Gasteiger partial charge in [0.1, 0.15) is 4.88 Å². The Morgan fingerprint density at radius 1 is 1.53 bits per heavy atom. The summed E-state index contributed by atoms with van der Waals surface area (Å²) in [4.78, 5) is 40.2. The number of aryl methyl sites for hydroxylation is 1. The first-order valence-electron chi connectivity index (χ1n) is 5.82. The summed E-state index contributed by atoms with van der Waals surface area (Å²) in [7, 11) is 0. The van der Waals surface area contributed by atoms with Gasteiger partial charge in [-0.2, -0.15) is 0 Å². The second-order valence-corrected chi connectivity index (χ2v) is 5.87. The number of hydrogen-bond donors (Lipinski definition) is 1. The molecule has 1 aliphatic heterocycles. The number of thioether (sulfide) groups is 1. The third kappa shape index (κ3) is 3.32. The van der Waals surface area contributed by atoms with Crippen molar-refractivity contribution in [1.82, 2.24) is 15.2 Å². The van der Waals surface area contributed by atoms with Crippen molar-refractivity contribution in [2.45, 2.75) is 13.3 Å². The predicted octanol–water partition coefficient (Wildman–Crippen LogP) is 1.13. The molecule has 8 heteroatoms. The number of imide groups is 1. The van der Waals surface area contributed by atoms with E-state index < -0.39 is 0 Å². The van der Waals surface area contributed by atoms with Crippen LogP contribution in [0.1, 0.15) is 21.6 Å². The van der Waals surface area contributed by atoms with Crippen molar-refractivity contribution in [1.29, 1.82) is 0 Å². The Balaban J connectivity index is 1.81. The minimum Gasteiger partial charge on any atom is -0.349 e. The molecule has 0 radical (unpaired) electrons. The molecule has 0 atom stereocenters. The monoisotopic (exact) mass is 299 g/mol. The van der Waals surface area contributed by atoms with E-state index in [-0.39, 0.29) is 35.9 Å². The van der Waals surface area contributed by atoms with E-state index in [9.17, 15) is 14.4 Å². The van der Waals surface area contributed by atoms with Gasteiger partial charge in [-0.25, -0.2) is 4.98 Å². The van der Waals surface area contributed by atoms with Crippen LogP contribution in [0.15, 0.2) is 6.20 Å². The van der Waals surface area contributed by atoms with Gasteiger partial charge in [-0.05, 0) is 6.42 Å². The zero-order valence-corrected chi connectivity index (χ0v) is 12.0. The number of hydrogen-bond acceptors (Lipinski definition) is 6. The van der Waals surface area contributed by atoms with Crippen molar-refractivity contribution in [2.75, 3.05) is 18.8 Å². The lowest BCUT2D eigenvalue weighted by atomic mass is 10.4. The number of nitrogens with zero attached hydrogens (tertiary/aromatic N) is 2. The topological polar surface area (TPSA) is 79.4 Å². The normalized spacial score (nSPS) is 15.1. The third-order valence-corrected chi connectivity index (χ3v) is 4.54. The Kier molecular flexibility index (Phi) is 4.54. The maximum absolute atomic E-state index is 11.8. The number of carbonyl (C=O) groups is 3. The maximum atomic E-state index is 11.8. The van der Waals surface area contributed by atoms with Crippen LogP contribution >= 0.6 is 23.1 Å². The van der Waals surface area contributed by atoms with Gasteiger partial charge in [-0.1, -0.05) is 18.7 Å². The summed E-state index contributed by atoms with van der Waals surface area (Å²) in [6.07, 6.45) is 2.34. The van der Waals surface area contributed by atoms with Crippen LogP contribution in [0.2, 0.25) is 0 Å². The fourth-order valence-corrected chi connectivity index (χ4v) is 3.07. The second kappa shape index (κ2) is 6.16. The van der Waals surface area contributed by atoms with Crippen molar-refractivity contribution in [3.63, 3.8) is 0 Å². The highest BCUT2D eigenvalue weighted by Crippen LogP contribution is 2.18. The first kappa shape index (κ1) is 14.0.